The van der Waals surface area contributed by atoms with E-state index in [1.54, 1.807) is 18.0 Å². The van der Waals surface area contributed by atoms with Crippen molar-refractivity contribution in [3.63, 3.8) is 0 Å². The average molecular weight is 286 g/mol. The van der Waals surface area contributed by atoms with Gasteiger partial charge in [0, 0.05) is 19.7 Å². The Morgan fingerprint density at radius 3 is 2.76 bits per heavy atom. The van der Waals surface area contributed by atoms with E-state index in [0.717, 1.165) is 6.42 Å². The molecule has 0 aliphatic carbocycles. The molecule has 1 aromatic carbocycles. The summed E-state index contributed by atoms with van der Waals surface area (Å²) in [5, 5.41) is 2.71. The molecule has 0 radical (unpaired) electrons. The van der Waals surface area contributed by atoms with Gasteiger partial charge in [-0.25, -0.2) is 14.8 Å². The first-order valence-corrected chi connectivity index (χ1v) is 6.61. The summed E-state index contributed by atoms with van der Waals surface area (Å²) >= 11 is 0. The van der Waals surface area contributed by atoms with E-state index in [-0.39, 0.29) is 6.03 Å². The lowest BCUT2D eigenvalue weighted by atomic mass is 10.1. The second-order valence-corrected chi connectivity index (χ2v) is 4.53. The van der Waals surface area contributed by atoms with E-state index in [9.17, 15) is 4.79 Å². The number of carbonyl (C=O) groups excluding carboxylic acids is 1. The van der Waals surface area contributed by atoms with Gasteiger partial charge in [-0.2, -0.15) is 0 Å². The highest BCUT2D eigenvalue weighted by atomic mass is 16.5. The fraction of sp³-hybridized carbons (Fsp3) is 0.267. The van der Waals surface area contributed by atoms with Crippen molar-refractivity contribution in [3.8, 4) is 5.88 Å². The molecule has 1 N–H and O–H groups in total. The summed E-state index contributed by atoms with van der Waals surface area (Å²) in [5.74, 6) is 0.825. The van der Waals surface area contributed by atoms with Crippen LogP contribution in [0.4, 0.5) is 10.6 Å². The minimum Gasteiger partial charge on any atom is -0.481 e. The lowest BCUT2D eigenvalue weighted by Gasteiger charge is -2.17. The summed E-state index contributed by atoms with van der Waals surface area (Å²) in [5.41, 5.74) is 1.20. The number of carbonyl (C=O) groups is 1. The van der Waals surface area contributed by atoms with Crippen molar-refractivity contribution in [1.29, 1.82) is 0 Å². The van der Waals surface area contributed by atoms with Gasteiger partial charge in [0.1, 0.15) is 12.1 Å². The molecule has 2 aromatic rings. The highest BCUT2D eigenvalue weighted by Gasteiger charge is 2.10. The standard InChI is InChI=1S/C15H18N4O2/c1-19(9-8-12-6-4-3-5-7-12)15(20)18-13-10-14(21-2)17-11-16-13/h3-7,10-11H,8-9H2,1-2H3,(H,16,17,18,20). The van der Waals surface area contributed by atoms with Gasteiger partial charge in [-0.15, -0.1) is 0 Å². The first-order chi connectivity index (χ1) is 10.2. The molecule has 0 aliphatic heterocycles. The van der Waals surface area contributed by atoms with Crippen LogP contribution in [0.25, 0.3) is 0 Å². The fourth-order valence-corrected chi connectivity index (χ4v) is 1.77. The van der Waals surface area contributed by atoms with Crippen LogP contribution >= 0.6 is 0 Å². The number of nitrogens with zero attached hydrogens (tertiary/aromatic N) is 3. The number of urea groups is 1. The summed E-state index contributed by atoms with van der Waals surface area (Å²) in [4.78, 5) is 21.5. The summed E-state index contributed by atoms with van der Waals surface area (Å²) in [6.07, 6.45) is 2.15. The maximum atomic E-state index is 12.0. The maximum absolute atomic E-state index is 12.0. The number of ether oxygens (including phenoxy) is 1. The van der Waals surface area contributed by atoms with Gasteiger partial charge in [0.2, 0.25) is 5.88 Å². The lowest BCUT2D eigenvalue weighted by molar-refractivity contribution is 0.223. The van der Waals surface area contributed by atoms with Gasteiger partial charge < -0.3 is 9.64 Å². The highest BCUT2D eigenvalue weighted by molar-refractivity contribution is 5.88. The molecule has 0 saturated heterocycles. The predicted molar refractivity (Wildman–Crippen MR) is 80.4 cm³/mol. The smallest absolute Gasteiger partial charge is 0.322 e. The number of hydrogen-bond acceptors (Lipinski definition) is 4. The molecule has 0 unspecified atom stereocenters. The van der Waals surface area contributed by atoms with Crippen molar-refractivity contribution in [1.82, 2.24) is 14.9 Å². The molecule has 1 heterocycles. The number of aromatic nitrogens is 2. The number of methoxy groups -OCH3 is 1. The van der Waals surface area contributed by atoms with Crippen LogP contribution in [0.15, 0.2) is 42.7 Å². The van der Waals surface area contributed by atoms with Crippen molar-refractivity contribution in [2.45, 2.75) is 6.42 Å². The summed E-state index contributed by atoms with van der Waals surface area (Å²) in [6.45, 7) is 0.623. The summed E-state index contributed by atoms with van der Waals surface area (Å²) < 4.78 is 4.99. The SMILES string of the molecule is COc1cc(NC(=O)N(C)CCc2ccccc2)ncn1. The highest BCUT2D eigenvalue weighted by Crippen LogP contribution is 2.10. The number of amides is 2. The van der Waals surface area contributed by atoms with Gasteiger partial charge in [-0.1, -0.05) is 30.3 Å². The van der Waals surface area contributed by atoms with E-state index in [1.807, 2.05) is 30.3 Å². The number of anilines is 1. The third-order valence-corrected chi connectivity index (χ3v) is 3.01. The first kappa shape index (κ1) is 14.8. The van der Waals surface area contributed by atoms with Crippen molar-refractivity contribution in [2.24, 2.45) is 0 Å². The normalized spacial score (nSPS) is 10.0. The molecule has 0 fully saturated rings. The van der Waals surface area contributed by atoms with Crippen molar-refractivity contribution in [2.75, 3.05) is 26.0 Å². The summed E-state index contributed by atoms with van der Waals surface area (Å²) in [6, 6.07) is 11.4. The molecule has 21 heavy (non-hydrogen) atoms. The van der Waals surface area contributed by atoms with Crippen molar-refractivity contribution in [3.05, 3.63) is 48.3 Å². The molecule has 0 saturated carbocycles. The van der Waals surface area contributed by atoms with E-state index in [1.165, 1.54) is 19.0 Å². The van der Waals surface area contributed by atoms with Crippen LogP contribution in [0.5, 0.6) is 5.88 Å². The Morgan fingerprint density at radius 1 is 1.29 bits per heavy atom. The molecule has 6 heteroatoms. The van der Waals surface area contributed by atoms with Crippen molar-refractivity contribution < 1.29 is 9.53 Å². The number of nitrogens with one attached hydrogen (secondary N) is 1. The van der Waals surface area contributed by atoms with Crippen LogP contribution in [0, 0.1) is 0 Å². The van der Waals surface area contributed by atoms with E-state index in [2.05, 4.69) is 15.3 Å². The van der Waals surface area contributed by atoms with Gasteiger partial charge in [0.15, 0.2) is 0 Å². The zero-order valence-corrected chi connectivity index (χ0v) is 12.1. The third kappa shape index (κ3) is 4.45. The van der Waals surface area contributed by atoms with Gasteiger partial charge in [0.25, 0.3) is 0 Å². The number of likely N-dealkylation sites (N-methyl/N-ethyl adjacent to an activating group) is 1. The topological polar surface area (TPSA) is 67.3 Å². The molecule has 2 rings (SSSR count). The Morgan fingerprint density at radius 2 is 2.05 bits per heavy atom. The second kappa shape index (κ2) is 7.23. The van der Waals surface area contributed by atoms with E-state index in [4.69, 9.17) is 4.74 Å². The van der Waals surface area contributed by atoms with Crippen LogP contribution in [0.2, 0.25) is 0 Å². The number of rotatable bonds is 5. The molecule has 0 spiro atoms. The molecule has 1 aromatic heterocycles. The number of benzene rings is 1. The van der Waals surface area contributed by atoms with E-state index < -0.39 is 0 Å². The molecule has 2 amide bonds. The minimum absolute atomic E-state index is 0.216. The van der Waals surface area contributed by atoms with E-state index in [0.29, 0.717) is 18.2 Å². The minimum atomic E-state index is -0.216. The van der Waals surface area contributed by atoms with Crippen LogP contribution in [0.1, 0.15) is 5.56 Å². The van der Waals surface area contributed by atoms with Crippen LogP contribution in [0.3, 0.4) is 0 Å². The molecule has 6 nitrogen and oxygen atoms in total. The first-order valence-electron chi connectivity index (χ1n) is 6.61. The van der Waals surface area contributed by atoms with Crippen LogP contribution in [-0.4, -0.2) is 41.6 Å². The monoisotopic (exact) mass is 286 g/mol. The Hall–Kier alpha value is -2.63. The predicted octanol–water partition coefficient (Wildman–Crippen LogP) is 2.19. The second-order valence-electron chi connectivity index (χ2n) is 4.53. The Kier molecular flexibility index (Phi) is 5.09. The Labute approximate surface area is 123 Å². The molecule has 0 aliphatic rings. The Bertz CT molecular complexity index is 589. The molecule has 0 bridgehead atoms. The quantitative estimate of drug-likeness (QED) is 0.915. The van der Waals surface area contributed by atoms with Gasteiger partial charge in [0.05, 0.1) is 7.11 Å². The number of hydrogen-bond donors (Lipinski definition) is 1. The lowest BCUT2D eigenvalue weighted by Crippen LogP contribution is -2.33. The third-order valence-electron chi connectivity index (χ3n) is 3.01. The molecule has 110 valence electrons. The average Bonchev–Trinajstić information content (AvgIpc) is 2.53. The molecule has 0 atom stereocenters. The zero-order chi connectivity index (χ0) is 15.1. The van der Waals surface area contributed by atoms with Crippen LogP contribution in [-0.2, 0) is 6.42 Å². The summed E-state index contributed by atoms with van der Waals surface area (Å²) in [7, 11) is 3.26. The fourth-order valence-electron chi connectivity index (χ4n) is 1.77. The van der Waals surface area contributed by atoms with Crippen molar-refractivity contribution >= 4 is 11.8 Å². The zero-order valence-electron chi connectivity index (χ0n) is 12.1. The van der Waals surface area contributed by atoms with E-state index >= 15 is 0 Å². The Balaban J connectivity index is 1.87. The van der Waals surface area contributed by atoms with Gasteiger partial charge in [-0.3, -0.25) is 5.32 Å². The van der Waals surface area contributed by atoms with Gasteiger partial charge in [-0.05, 0) is 12.0 Å². The largest absolute Gasteiger partial charge is 0.481 e. The molecular formula is C15H18N4O2. The molecular weight excluding hydrogens is 268 g/mol. The van der Waals surface area contributed by atoms with Gasteiger partial charge >= 0.3 is 6.03 Å². The maximum Gasteiger partial charge on any atom is 0.322 e. The van der Waals surface area contributed by atoms with Crippen LogP contribution < -0.4 is 10.1 Å².